The first-order valence-corrected chi connectivity index (χ1v) is 8.30. The number of hydrogen-bond acceptors (Lipinski definition) is 3. The number of aryl methyl sites for hydroxylation is 1. The summed E-state index contributed by atoms with van der Waals surface area (Å²) in [5, 5.41) is 1.62. The summed E-state index contributed by atoms with van der Waals surface area (Å²) in [6, 6.07) is 3.34. The van der Waals surface area contributed by atoms with E-state index < -0.39 is 11.4 Å². The number of aromatic nitrogens is 1. The van der Waals surface area contributed by atoms with Crippen molar-refractivity contribution in [3.05, 3.63) is 33.4 Å². The van der Waals surface area contributed by atoms with Gasteiger partial charge in [0.2, 0.25) is 0 Å². The highest BCUT2D eigenvalue weighted by Crippen LogP contribution is 2.38. The zero-order valence-corrected chi connectivity index (χ0v) is 14.7. The summed E-state index contributed by atoms with van der Waals surface area (Å²) in [7, 11) is 0. The van der Waals surface area contributed by atoms with E-state index in [-0.39, 0.29) is 5.78 Å². The summed E-state index contributed by atoms with van der Waals surface area (Å²) < 4.78 is 1.30. The van der Waals surface area contributed by atoms with Crippen molar-refractivity contribution >= 4 is 45.9 Å². The second-order valence-corrected chi connectivity index (χ2v) is 7.29. The molecule has 0 amide bonds. The number of hydrogen-bond donors (Lipinski definition) is 0. The lowest BCUT2D eigenvalue weighted by Gasteiger charge is -2.21. The Labute approximate surface area is 144 Å². The molecule has 0 N–H and O–H groups in total. The Hall–Kier alpha value is -1.52. The van der Waals surface area contributed by atoms with E-state index in [1.54, 1.807) is 12.1 Å². The monoisotopic (exact) mass is 353 g/mol. The number of benzene rings is 1. The van der Waals surface area contributed by atoms with Crippen LogP contribution in [0.15, 0.2) is 12.1 Å². The van der Waals surface area contributed by atoms with E-state index >= 15 is 0 Å². The highest BCUT2D eigenvalue weighted by Gasteiger charge is 2.34. The summed E-state index contributed by atoms with van der Waals surface area (Å²) in [4.78, 5) is 30.3. The van der Waals surface area contributed by atoms with Gasteiger partial charge >= 0.3 is 5.97 Å². The largest absolute Gasteiger partial charge is 0.338 e. The Kier molecular flexibility index (Phi) is 3.93. The van der Waals surface area contributed by atoms with E-state index in [9.17, 15) is 9.59 Å². The normalized spacial score (nSPS) is 14.4. The highest BCUT2D eigenvalue weighted by atomic mass is 35.5. The van der Waals surface area contributed by atoms with Crippen LogP contribution in [0, 0.1) is 5.41 Å². The van der Waals surface area contributed by atoms with Gasteiger partial charge in [-0.3, -0.25) is 4.79 Å². The van der Waals surface area contributed by atoms with Crippen LogP contribution in [-0.2, 0) is 11.2 Å². The minimum absolute atomic E-state index is 0.0505. The first-order valence-electron chi connectivity index (χ1n) is 7.54. The molecule has 1 aliphatic carbocycles. The summed E-state index contributed by atoms with van der Waals surface area (Å²) in [5.74, 6) is -0.448. The average Bonchev–Trinajstić information content (AvgIpc) is 2.99. The second kappa shape index (κ2) is 5.53. The van der Waals surface area contributed by atoms with Crippen molar-refractivity contribution in [2.24, 2.45) is 5.41 Å². The molecule has 1 aliphatic rings. The maximum Gasteiger partial charge on any atom is 0.338 e. The Morgan fingerprint density at radius 2 is 2.00 bits per heavy atom. The Bertz CT molecular complexity index is 836. The van der Waals surface area contributed by atoms with Crippen molar-refractivity contribution in [2.75, 3.05) is 0 Å². The van der Waals surface area contributed by atoms with Crippen molar-refractivity contribution < 1.29 is 14.4 Å². The molecule has 1 aromatic carbocycles. The molecule has 0 atom stereocenters. The van der Waals surface area contributed by atoms with Crippen LogP contribution < -0.4 is 4.84 Å². The third-order valence-corrected chi connectivity index (χ3v) is 5.03. The molecule has 0 spiro atoms. The van der Waals surface area contributed by atoms with Gasteiger partial charge in [0.15, 0.2) is 5.78 Å². The SMILES string of the molecule is CCC(C)(C)C(=O)On1c2c(c3cc(Cl)cc(Cl)c31)CCC2=O. The summed E-state index contributed by atoms with van der Waals surface area (Å²) in [6.07, 6.45) is 1.63. The number of carbonyl (C=O) groups is 2. The zero-order valence-electron chi connectivity index (χ0n) is 13.2. The predicted octanol–water partition coefficient (Wildman–Crippen LogP) is 4.47. The minimum Gasteiger partial charge on any atom is -0.335 e. The van der Waals surface area contributed by atoms with Crippen LogP contribution in [0.5, 0.6) is 0 Å². The van der Waals surface area contributed by atoms with Crippen molar-refractivity contribution in [1.82, 2.24) is 4.73 Å². The van der Waals surface area contributed by atoms with E-state index in [0.717, 1.165) is 10.9 Å². The van der Waals surface area contributed by atoms with Crippen LogP contribution in [0.3, 0.4) is 0 Å². The first-order chi connectivity index (χ1) is 10.8. The van der Waals surface area contributed by atoms with Gasteiger partial charge in [-0.25, -0.2) is 4.79 Å². The molecule has 0 saturated carbocycles. The smallest absolute Gasteiger partial charge is 0.335 e. The molecule has 0 radical (unpaired) electrons. The number of nitrogens with zero attached hydrogens (tertiary/aromatic N) is 1. The van der Waals surface area contributed by atoms with Crippen LogP contribution in [0.2, 0.25) is 10.0 Å². The number of halogens is 2. The standard InChI is InChI=1S/C17H17Cl2NO3/c1-4-17(2,3)16(22)23-20-14-11(7-9(18)8-12(14)19)10-5-6-13(21)15(10)20/h7-8H,4-6H2,1-3H3. The molecule has 23 heavy (non-hydrogen) atoms. The van der Waals surface area contributed by atoms with Crippen molar-refractivity contribution in [2.45, 2.75) is 40.0 Å². The molecular formula is C17H17Cl2NO3. The van der Waals surface area contributed by atoms with E-state index in [1.807, 2.05) is 20.8 Å². The van der Waals surface area contributed by atoms with Gasteiger partial charge in [-0.2, -0.15) is 4.73 Å². The third-order valence-electron chi connectivity index (χ3n) is 4.52. The van der Waals surface area contributed by atoms with Crippen LogP contribution in [0.4, 0.5) is 0 Å². The molecule has 3 rings (SSSR count). The fourth-order valence-corrected chi connectivity index (χ4v) is 3.27. The van der Waals surface area contributed by atoms with Gasteiger partial charge in [0.1, 0.15) is 11.2 Å². The van der Waals surface area contributed by atoms with Gasteiger partial charge in [-0.15, -0.1) is 0 Å². The zero-order chi connectivity index (χ0) is 16.9. The molecule has 2 aromatic rings. The van der Waals surface area contributed by atoms with Crippen LogP contribution in [-0.4, -0.2) is 16.5 Å². The Morgan fingerprint density at radius 1 is 1.30 bits per heavy atom. The van der Waals surface area contributed by atoms with E-state index in [4.69, 9.17) is 28.0 Å². The van der Waals surface area contributed by atoms with E-state index in [1.165, 1.54) is 4.73 Å². The lowest BCUT2D eigenvalue weighted by atomic mass is 9.91. The van der Waals surface area contributed by atoms with Crippen LogP contribution >= 0.6 is 23.2 Å². The summed E-state index contributed by atoms with van der Waals surface area (Å²) in [6.45, 7) is 5.53. The van der Waals surface area contributed by atoms with Gasteiger partial charge < -0.3 is 4.84 Å². The summed E-state index contributed by atoms with van der Waals surface area (Å²) in [5.41, 5.74) is 1.12. The average molecular weight is 354 g/mol. The maximum absolute atomic E-state index is 12.5. The molecule has 0 saturated heterocycles. The van der Waals surface area contributed by atoms with Gasteiger partial charge in [-0.1, -0.05) is 30.1 Å². The number of Topliss-reactive ketones (excluding diaryl/α,β-unsaturated/α-hetero) is 1. The predicted molar refractivity (Wildman–Crippen MR) is 90.3 cm³/mol. The molecular weight excluding hydrogens is 337 g/mol. The Morgan fingerprint density at radius 3 is 2.65 bits per heavy atom. The Balaban J connectivity index is 2.22. The number of fused-ring (bicyclic) bond motifs is 3. The maximum atomic E-state index is 12.5. The molecule has 4 nitrogen and oxygen atoms in total. The van der Waals surface area contributed by atoms with E-state index in [0.29, 0.717) is 40.5 Å². The van der Waals surface area contributed by atoms with Crippen LogP contribution in [0.1, 0.15) is 49.7 Å². The van der Waals surface area contributed by atoms with Crippen molar-refractivity contribution in [3.8, 4) is 0 Å². The molecule has 0 bridgehead atoms. The highest BCUT2D eigenvalue weighted by molar-refractivity contribution is 6.38. The number of ketones is 1. The van der Waals surface area contributed by atoms with Gasteiger partial charge in [0.05, 0.1) is 10.4 Å². The van der Waals surface area contributed by atoms with Crippen molar-refractivity contribution in [1.29, 1.82) is 0 Å². The second-order valence-electron chi connectivity index (χ2n) is 6.44. The molecule has 0 aliphatic heterocycles. The molecule has 0 unspecified atom stereocenters. The third kappa shape index (κ3) is 2.54. The molecule has 1 aromatic heterocycles. The summed E-state index contributed by atoms with van der Waals surface area (Å²) >= 11 is 12.4. The number of rotatable bonds is 3. The van der Waals surface area contributed by atoms with E-state index in [2.05, 4.69) is 0 Å². The lowest BCUT2D eigenvalue weighted by molar-refractivity contribution is -0.154. The van der Waals surface area contributed by atoms with Gasteiger partial charge in [-0.05, 0) is 44.4 Å². The minimum atomic E-state index is -0.649. The number of carbonyl (C=O) groups excluding carboxylic acids is 2. The molecule has 6 heteroatoms. The fourth-order valence-electron chi connectivity index (χ4n) is 2.70. The molecule has 122 valence electrons. The molecule has 0 fully saturated rings. The van der Waals surface area contributed by atoms with Crippen LogP contribution in [0.25, 0.3) is 10.9 Å². The van der Waals surface area contributed by atoms with Gasteiger partial charge in [0, 0.05) is 16.8 Å². The topological polar surface area (TPSA) is 48.3 Å². The fraction of sp³-hybridized carbons (Fsp3) is 0.412. The first kappa shape index (κ1) is 16.3. The lowest BCUT2D eigenvalue weighted by Crippen LogP contribution is -2.34. The molecule has 1 heterocycles. The quantitative estimate of drug-likeness (QED) is 0.817. The van der Waals surface area contributed by atoms with Crippen molar-refractivity contribution in [3.63, 3.8) is 0 Å². The van der Waals surface area contributed by atoms with Gasteiger partial charge in [0.25, 0.3) is 0 Å².